The largest absolute Gasteiger partial charge is 0.345 e. The van der Waals surface area contributed by atoms with Gasteiger partial charge in [-0.3, -0.25) is 0 Å². The standard InChI is InChI=1S/C5H11N/c1-5(2)4-6-3/h6H,1,4H2,2-3H3/p+1. The number of rotatable bonds is 2. The fourth-order valence-electron chi connectivity index (χ4n) is 0.348. The van der Waals surface area contributed by atoms with E-state index >= 15 is 0 Å². The highest BCUT2D eigenvalue weighted by molar-refractivity contribution is 4.85. The zero-order valence-electron chi connectivity index (χ0n) is 4.49. The Morgan fingerprint density at radius 3 is 2.33 bits per heavy atom. The minimum Gasteiger partial charge on any atom is -0.345 e. The molecular weight excluding hydrogens is 74.1 g/mol. The molecule has 1 heteroatoms. The Balaban J connectivity index is 2.83. The van der Waals surface area contributed by atoms with Crippen molar-refractivity contribution in [2.75, 3.05) is 13.6 Å². The van der Waals surface area contributed by atoms with Crippen LogP contribution in [0.3, 0.4) is 0 Å². The van der Waals surface area contributed by atoms with Crippen molar-refractivity contribution in [3.05, 3.63) is 12.2 Å². The van der Waals surface area contributed by atoms with Gasteiger partial charge < -0.3 is 5.32 Å². The quantitative estimate of drug-likeness (QED) is 0.446. The first kappa shape index (κ1) is 5.70. The predicted molar refractivity (Wildman–Crippen MR) is 27.5 cm³/mol. The summed E-state index contributed by atoms with van der Waals surface area (Å²) in [7, 11) is 2.04. The molecule has 0 aliphatic heterocycles. The molecule has 0 radical (unpaired) electrons. The Morgan fingerprint density at radius 2 is 2.33 bits per heavy atom. The Hall–Kier alpha value is -0.300. The molecule has 0 saturated carbocycles. The normalized spacial score (nSPS) is 8.33. The number of hydrogen-bond acceptors (Lipinski definition) is 0. The van der Waals surface area contributed by atoms with Crippen LogP contribution in [0.5, 0.6) is 0 Å². The van der Waals surface area contributed by atoms with Gasteiger partial charge in [0.1, 0.15) is 0 Å². The topological polar surface area (TPSA) is 16.6 Å². The van der Waals surface area contributed by atoms with E-state index in [4.69, 9.17) is 0 Å². The molecule has 36 valence electrons. The van der Waals surface area contributed by atoms with Crippen molar-refractivity contribution in [2.24, 2.45) is 0 Å². The molecule has 2 N–H and O–H groups in total. The summed E-state index contributed by atoms with van der Waals surface area (Å²) < 4.78 is 0. The summed E-state index contributed by atoms with van der Waals surface area (Å²) in [4.78, 5) is 0. The van der Waals surface area contributed by atoms with E-state index in [9.17, 15) is 0 Å². The van der Waals surface area contributed by atoms with Gasteiger partial charge in [-0.15, -0.1) is 0 Å². The number of hydrogen-bond donors (Lipinski definition) is 1. The lowest BCUT2D eigenvalue weighted by atomic mass is 10.4. The molecule has 0 aromatic rings. The summed E-state index contributed by atoms with van der Waals surface area (Å²) in [5.41, 5.74) is 1.23. The molecule has 0 atom stereocenters. The average Bonchev–Trinajstić information content (AvgIpc) is 1.35. The summed E-state index contributed by atoms with van der Waals surface area (Å²) in [6.45, 7) is 6.80. The van der Waals surface area contributed by atoms with Gasteiger partial charge in [0.2, 0.25) is 0 Å². The molecule has 0 aliphatic carbocycles. The van der Waals surface area contributed by atoms with Crippen LogP contribution in [0.25, 0.3) is 0 Å². The van der Waals surface area contributed by atoms with Gasteiger partial charge >= 0.3 is 0 Å². The fourth-order valence-corrected chi connectivity index (χ4v) is 0.348. The van der Waals surface area contributed by atoms with Crippen molar-refractivity contribution in [1.29, 1.82) is 0 Å². The van der Waals surface area contributed by atoms with E-state index in [1.807, 2.05) is 14.0 Å². The number of nitrogens with two attached hydrogens (primary N) is 1. The summed E-state index contributed by atoms with van der Waals surface area (Å²) in [5.74, 6) is 0. The van der Waals surface area contributed by atoms with Crippen LogP contribution in [-0.4, -0.2) is 13.6 Å². The van der Waals surface area contributed by atoms with Crippen LogP contribution >= 0.6 is 0 Å². The van der Waals surface area contributed by atoms with Crippen molar-refractivity contribution in [3.8, 4) is 0 Å². The van der Waals surface area contributed by atoms with Crippen molar-refractivity contribution >= 4 is 0 Å². The van der Waals surface area contributed by atoms with Crippen LogP contribution in [0.4, 0.5) is 0 Å². The van der Waals surface area contributed by atoms with E-state index < -0.39 is 0 Å². The second kappa shape index (κ2) is 2.91. The maximum Gasteiger partial charge on any atom is 0.0964 e. The van der Waals surface area contributed by atoms with Crippen molar-refractivity contribution < 1.29 is 5.32 Å². The number of quaternary nitrogens is 1. The van der Waals surface area contributed by atoms with E-state index in [0.29, 0.717) is 0 Å². The Kier molecular flexibility index (Phi) is 2.77. The van der Waals surface area contributed by atoms with Gasteiger partial charge in [-0.25, -0.2) is 0 Å². The predicted octanol–water partition coefficient (Wildman–Crippen LogP) is -0.244. The van der Waals surface area contributed by atoms with Gasteiger partial charge in [-0.1, -0.05) is 6.58 Å². The monoisotopic (exact) mass is 86.1 g/mol. The molecule has 0 amide bonds. The fraction of sp³-hybridized carbons (Fsp3) is 0.600. The van der Waals surface area contributed by atoms with Gasteiger partial charge in [-0.05, 0) is 12.5 Å². The molecule has 0 spiro atoms. The van der Waals surface area contributed by atoms with E-state index in [-0.39, 0.29) is 0 Å². The molecule has 1 nitrogen and oxygen atoms in total. The highest BCUT2D eigenvalue weighted by Gasteiger charge is 1.77. The van der Waals surface area contributed by atoms with E-state index in [0.717, 1.165) is 6.54 Å². The molecule has 0 saturated heterocycles. The third-order valence-electron chi connectivity index (χ3n) is 0.553. The molecule has 0 bridgehead atoms. The van der Waals surface area contributed by atoms with Crippen LogP contribution in [0.2, 0.25) is 0 Å². The molecule has 0 unspecified atom stereocenters. The van der Waals surface area contributed by atoms with Crippen molar-refractivity contribution in [1.82, 2.24) is 0 Å². The minimum atomic E-state index is 1.06. The van der Waals surface area contributed by atoms with Gasteiger partial charge in [0.15, 0.2) is 0 Å². The summed E-state index contributed by atoms with van der Waals surface area (Å²) in [6.07, 6.45) is 0. The second-order valence-electron chi connectivity index (χ2n) is 1.57. The molecule has 0 fully saturated rings. The SMILES string of the molecule is C=C(C)C[NH2+]C. The highest BCUT2D eigenvalue weighted by Crippen LogP contribution is 1.73. The van der Waals surface area contributed by atoms with Crippen LogP contribution in [0.15, 0.2) is 12.2 Å². The van der Waals surface area contributed by atoms with Crippen molar-refractivity contribution in [2.45, 2.75) is 6.92 Å². The third-order valence-corrected chi connectivity index (χ3v) is 0.553. The third kappa shape index (κ3) is 3.70. The molecule has 0 aromatic heterocycles. The van der Waals surface area contributed by atoms with Crippen LogP contribution < -0.4 is 5.32 Å². The Bertz CT molecular complexity index is 47.9. The van der Waals surface area contributed by atoms with E-state index in [1.165, 1.54) is 5.57 Å². The maximum absolute atomic E-state index is 3.71. The zero-order chi connectivity index (χ0) is 4.99. The first-order chi connectivity index (χ1) is 2.77. The van der Waals surface area contributed by atoms with Gasteiger partial charge in [0, 0.05) is 0 Å². The highest BCUT2D eigenvalue weighted by atomic mass is 14.8. The molecule has 0 aromatic carbocycles. The lowest BCUT2D eigenvalue weighted by Gasteiger charge is -1.87. The average molecular weight is 86.2 g/mol. The zero-order valence-corrected chi connectivity index (χ0v) is 4.49. The summed E-state index contributed by atoms with van der Waals surface area (Å²) in [5, 5.41) is 2.10. The first-order valence-electron chi connectivity index (χ1n) is 2.19. The first-order valence-corrected chi connectivity index (χ1v) is 2.19. The second-order valence-corrected chi connectivity index (χ2v) is 1.57. The molecule has 0 rings (SSSR count). The van der Waals surface area contributed by atoms with Gasteiger partial charge in [0.05, 0.1) is 13.6 Å². The lowest BCUT2D eigenvalue weighted by molar-refractivity contribution is -0.619. The van der Waals surface area contributed by atoms with Gasteiger partial charge in [-0.2, -0.15) is 0 Å². The van der Waals surface area contributed by atoms with E-state index in [2.05, 4.69) is 11.9 Å². The Morgan fingerprint density at radius 1 is 1.83 bits per heavy atom. The number of likely N-dealkylation sites (N-methyl/N-ethyl adjacent to an activating group) is 1. The summed E-state index contributed by atoms with van der Waals surface area (Å²) in [6, 6.07) is 0. The van der Waals surface area contributed by atoms with Crippen LogP contribution in [0, 0.1) is 0 Å². The summed E-state index contributed by atoms with van der Waals surface area (Å²) >= 11 is 0. The molecular formula is C5H12N+. The lowest BCUT2D eigenvalue weighted by Crippen LogP contribution is -2.79. The Labute approximate surface area is 39.1 Å². The minimum absolute atomic E-state index is 1.06. The van der Waals surface area contributed by atoms with E-state index in [1.54, 1.807) is 0 Å². The molecule has 0 heterocycles. The smallest absolute Gasteiger partial charge is 0.0964 e. The molecule has 0 aliphatic rings. The molecule has 6 heavy (non-hydrogen) atoms. The van der Waals surface area contributed by atoms with Crippen LogP contribution in [0.1, 0.15) is 6.92 Å². The van der Waals surface area contributed by atoms with Crippen LogP contribution in [-0.2, 0) is 0 Å². The maximum atomic E-state index is 3.71. The van der Waals surface area contributed by atoms with Gasteiger partial charge in [0.25, 0.3) is 0 Å². The van der Waals surface area contributed by atoms with Crippen molar-refractivity contribution in [3.63, 3.8) is 0 Å².